The van der Waals surface area contributed by atoms with Crippen molar-refractivity contribution < 1.29 is 23.1 Å². The van der Waals surface area contributed by atoms with E-state index in [9.17, 15) is 13.2 Å². The summed E-state index contributed by atoms with van der Waals surface area (Å²) in [4.78, 5) is 10.9. The molecule has 1 aliphatic heterocycles. The molecule has 0 unspecified atom stereocenters. The molecule has 0 atom stereocenters. The molecule has 1 heterocycles. The van der Waals surface area contributed by atoms with E-state index in [0.29, 0.717) is 44.7 Å². The second-order valence-electron chi connectivity index (χ2n) is 5.68. The molecule has 0 saturated carbocycles. The smallest absolute Gasteiger partial charge is 0.303 e. The number of sulfonamides is 1. The molecule has 1 aromatic rings. The van der Waals surface area contributed by atoms with Gasteiger partial charge in [0.05, 0.1) is 11.5 Å². The van der Waals surface area contributed by atoms with Crippen molar-refractivity contribution in [1.82, 2.24) is 4.31 Å². The first kappa shape index (κ1) is 17.7. The van der Waals surface area contributed by atoms with E-state index in [1.54, 1.807) is 24.3 Å². The van der Waals surface area contributed by atoms with Gasteiger partial charge in [-0.25, -0.2) is 8.42 Å². The maximum atomic E-state index is 12.6. The van der Waals surface area contributed by atoms with Crippen molar-refractivity contribution in [2.75, 3.05) is 19.7 Å². The van der Waals surface area contributed by atoms with Crippen molar-refractivity contribution in [1.29, 1.82) is 0 Å². The van der Waals surface area contributed by atoms with Gasteiger partial charge in [0.2, 0.25) is 10.0 Å². The first-order chi connectivity index (χ1) is 10.9. The van der Waals surface area contributed by atoms with Gasteiger partial charge in [0, 0.05) is 19.5 Å². The molecule has 0 aromatic heterocycles. The summed E-state index contributed by atoms with van der Waals surface area (Å²) < 4.78 is 32.0. The second-order valence-corrected chi connectivity index (χ2v) is 7.62. The largest absolute Gasteiger partial charge is 0.494 e. The monoisotopic (exact) mass is 341 g/mol. The first-order valence-electron chi connectivity index (χ1n) is 7.88. The Morgan fingerprint density at radius 2 is 1.87 bits per heavy atom. The lowest BCUT2D eigenvalue weighted by molar-refractivity contribution is -0.137. The maximum absolute atomic E-state index is 12.6. The van der Waals surface area contributed by atoms with Crippen LogP contribution in [0.3, 0.4) is 0 Å². The zero-order valence-corrected chi connectivity index (χ0v) is 14.1. The van der Waals surface area contributed by atoms with Crippen LogP contribution in [-0.2, 0) is 14.8 Å². The minimum Gasteiger partial charge on any atom is -0.494 e. The third kappa shape index (κ3) is 4.68. The summed E-state index contributed by atoms with van der Waals surface area (Å²) in [7, 11) is -3.49. The number of hydrogen-bond acceptors (Lipinski definition) is 4. The summed E-state index contributed by atoms with van der Waals surface area (Å²) >= 11 is 0. The molecule has 1 aromatic carbocycles. The summed E-state index contributed by atoms with van der Waals surface area (Å²) in [5.41, 5.74) is 0. The number of carboxylic acids is 1. The lowest BCUT2D eigenvalue weighted by Gasteiger charge is -2.31. The average Bonchev–Trinajstić information content (AvgIpc) is 2.54. The minimum atomic E-state index is -3.49. The van der Waals surface area contributed by atoms with E-state index < -0.39 is 16.0 Å². The zero-order chi connectivity index (χ0) is 16.9. The molecule has 6 nitrogen and oxygen atoms in total. The molecule has 2 rings (SSSR count). The Kier molecular flexibility index (Phi) is 6.01. The van der Waals surface area contributed by atoms with Crippen LogP contribution >= 0.6 is 0 Å². The number of carbonyl (C=O) groups is 1. The molecule has 0 spiro atoms. The fourth-order valence-corrected chi connectivity index (χ4v) is 4.26. The van der Waals surface area contributed by atoms with Gasteiger partial charge in [0.1, 0.15) is 5.75 Å². The van der Waals surface area contributed by atoms with Crippen LogP contribution in [0.1, 0.15) is 32.6 Å². The first-order valence-corrected chi connectivity index (χ1v) is 9.32. The predicted molar refractivity (Wildman–Crippen MR) is 86.0 cm³/mol. The van der Waals surface area contributed by atoms with E-state index in [0.717, 1.165) is 0 Å². The Balaban J connectivity index is 1.97. The fourth-order valence-electron chi connectivity index (χ4n) is 2.79. The van der Waals surface area contributed by atoms with E-state index in [-0.39, 0.29) is 17.2 Å². The minimum absolute atomic E-state index is 0.149. The molecule has 0 bridgehead atoms. The zero-order valence-electron chi connectivity index (χ0n) is 13.3. The van der Waals surface area contributed by atoms with Crippen LogP contribution < -0.4 is 4.74 Å². The number of hydrogen-bond donors (Lipinski definition) is 1. The van der Waals surface area contributed by atoms with Crippen LogP contribution in [0, 0.1) is 5.92 Å². The summed E-state index contributed by atoms with van der Waals surface area (Å²) in [5.74, 6) is 0.145. The van der Waals surface area contributed by atoms with Crippen LogP contribution in [0.25, 0.3) is 0 Å². The normalized spacial score (nSPS) is 17.1. The van der Waals surface area contributed by atoms with Gasteiger partial charge in [-0.15, -0.1) is 0 Å². The highest BCUT2D eigenvalue weighted by molar-refractivity contribution is 7.89. The van der Waals surface area contributed by atoms with Crippen LogP contribution in [-0.4, -0.2) is 43.5 Å². The molecule has 0 amide bonds. The number of nitrogens with zero attached hydrogens (tertiary/aromatic N) is 1. The number of ether oxygens (including phenoxy) is 1. The van der Waals surface area contributed by atoms with Crippen molar-refractivity contribution in [3.8, 4) is 5.75 Å². The van der Waals surface area contributed by atoms with Gasteiger partial charge in [-0.05, 0) is 56.4 Å². The standard InChI is InChI=1S/C16H23NO5S/c1-2-22-14-4-6-15(7-5-14)23(20,21)17-11-9-13(10-12-17)3-8-16(18)19/h4-7,13H,2-3,8-12H2,1H3,(H,18,19). The van der Waals surface area contributed by atoms with E-state index >= 15 is 0 Å². The molecule has 23 heavy (non-hydrogen) atoms. The second kappa shape index (κ2) is 7.79. The fraction of sp³-hybridized carbons (Fsp3) is 0.562. The average molecular weight is 341 g/mol. The summed E-state index contributed by atoms with van der Waals surface area (Å²) in [6.07, 6.45) is 2.19. The van der Waals surface area contributed by atoms with E-state index in [2.05, 4.69) is 0 Å². The van der Waals surface area contributed by atoms with Crippen molar-refractivity contribution in [2.24, 2.45) is 5.92 Å². The van der Waals surface area contributed by atoms with Crippen molar-refractivity contribution >= 4 is 16.0 Å². The van der Waals surface area contributed by atoms with E-state index in [1.165, 1.54) is 4.31 Å². The Hall–Kier alpha value is -1.60. The molecule has 1 N–H and O–H groups in total. The van der Waals surface area contributed by atoms with Crippen LogP contribution in [0.4, 0.5) is 0 Å². The molecular formula is C16H23NO5S. The SMILES string of the molecule is CCOc1ccc(S(=O)(=O)N2CCC(CCC(=O)O)CC2)cc1. The lowest BCUT2D eigenvalue weighted by Crippen LogP contribution is -2.38. The summed E-state index contributed by atoms with van der Waals surface area (Å²) in [5, 5.41) is 8.72. The van der Waals surface area contributed by atoms with Crippen LogP contribution in [0.5, 0.6) is 5.75 Å². The predicted octanol–water partition coefficient (Wildman–Crippen LogP) is 2.35. The van der Waals surface area contributed by atoms with Crippen LogP contribution in [0.2, 0.25) is 0 Å². The molecular weight excluding hydrogens is 318 g/mol. The topological polar surface area (TPSA) is 83.9 Å². The van der Waals surface area contributed by atoms with Gasteiger partial charge in [0.15, 0.2) is 0 Å². The van der Waals surface area contributed by atoms with Crippen molar-refractivity contribution in [2.45, 2.75) is 37.5 Å². The van der Waals surface area contributed by atoms with Crippen molar-refractivity contribution in [3.63, 3.8) is 0 Å². The number of benzene rings is 1. The summed E-state index contributed by atoms with van der Waals surface area (Å²) in [6.45, 7) is 3.30. The highest BCUT2D eigenvalue weighted by atomic mass is 32.2. The van der Waals surface area contributed by atoms with Gasteiger partial charge in [-0.3, -0.25) is 4.79 Å². The number of rotatable bonds is 7. The molecule has 128 valence electrons. The number of piperidine rings is 1. The summed E-state index contributed by atoms with van der Waals surface area (Å²) in [6, 6.07) is 6.46. The highest BCUT2D eigenvalue weighted by Gasteiger charge is 2.29. The third-order valence-corrected chi connectivity index (χ3v) is 6.03. The molecule has 0 aliphatic carbocycles. The Labute approximate surface area is 137 Å². The molecule has 0 radical (unpaired) electrons. The van der Waals surface area contributed by atoms with Gasteiger partial charge in [0.25, 0.3) is 0 Å². The molecule has 7 heteroatoms. The highest BCUT2D eigenvalue weighted by Crippen LogP contribution is 2.27. The lowest BCUT2D eigenvalue weighted by atomic mass is 9.93. The van der Waals surface area contributed by atoms with Gasteiger partial charge >= 0.3 is 5.97 Å². The Morgan fingerprint density at radius 3 is 2.39 bits per heavy atom. The quantitative estimate of drug-likeness (QED) is 0.823. The van der Waals surface area contributed by atoms with E-state index in [1.807, 2.05) is 6.92 Å². The third-order valence-electron chi connectivity index (χ3n) is 4.11. The van der Waals surface area contributed by atoms with Crippen molar-refractivity contribution in [3.05, 3.63) is 24.3 Å². The van der Waals surface area contributed by atoms with E-state index in [4.69, 9.17) is 9.84 Å². The van der Waals surface area contributed by atoms with Gasteiger partial charge < -0.3 is 9.84 Å². The Morgan fingerprint density at radius 1 is 1.26 bits per heavy atom. The van der Waals surface area contributed by atoms with Gasteiger partial charge in [-0.2, -0.15) is 4.31 Å². The molecule has 1 saturated heterocycles. The maximum Gasteiger partial charge on any atom is 0.303 e. The number of carboxylic acid groups (broad SMARTS) is 1. The van der Waals surface area contributed by atoms with Gasteiger partial charge in [-0.1, -0.05) is 0 Å². The Bertz CT molecular complexity index is 618. The van der Waals surface area contributed by atoms with Crippen LogP contribution in [0.15, 0.2) is 29.2 Å². The molecule has 1 fully saturated rings. The number of aliphatic carboxylic acids is 1. The molecule has 1 aliphatic rings.